The predicted molar refractivity (Wildman–Crippen MR) is 169 cm³/mol. The summed E-state index contributed by atoms with van der Waals surface area (Å²) >= 11 is 0. The standard InChI is InChI=1S/C36H57NO3/c1-27(2)15-12-16-28(3)17-13-18-29(4)19-14-21-36(7)22-20-32-33-25-37(23-10-8-9-11-24-38)26-39-34(33)30(5)31(6)35(32)40-36/h15,17,19,38H,8-14,16,18,20-26H2,1-7H3. The van der Waals surface area contributed by atoms with Gasteiger partial charge in [-0.1, -0.05) is 47.8 Å². The summed E-state index contributed by atoms with van der Waals surface area (Å²) in [4.78, 5) is 2.43. The van der Waals surface area contributed by atoms with Crippen LogP contribution in [-0.4, -0.2) is 35.5 Å². The van der Waals surface area contributed by atoms with Gasteiger partial charge in [-0.3, -0.25) is 4.90 Å². The van der Waals surface area contributed by atoms with E-state index in [1.807, 2.05) is 0 Å². The fourth-order valence-corrected chi connectivity index (χ4v) is 6.03. The number of rotatable bonds is 15. The molecule has 0 saturated heterocycles. The van der Waals surface area contributed by atoms with Gasteiger partial charge in [-0.15, -0.1) is 0 Å². The zero-order chi connectivity index (χ0) is 29.1. The molecule has 1 atom stereocenters. The van der Waals surface area contributed by atoms with Crippen LogP contribution in [0.4, 0.5) is 0 Å². The molecule has 224 valence electrons. The Morgan fingerprint density at radius 1 is 0.850 bits per heavy atom. The van der Waals surface area contributed by atoms with Crippen LogP contribution in [0.25, 0.3) is 0 Å². The molecule has 0 bridgehead atoms. The number of aliphatic hydroxyl groups is 1. The molecule has 4 heteroatoms. The molecule has 1 N–H and O–H groups in total. The first-order valence-electron chi connectivity index (χ1n) is 15.9. The third-order valence-corrected chi connectivity index (χ3v) is 8.85. The van der Waals surface area contributed by atoms with Crippen molar-refractivity contribution in [2.75, 3.05) is 19.9 Å². The Bertz CT molecular complexity index is 1060. The zero-order valence-corrected chi connectivity index (χ0v) is 26.8. The Hall–Kier alpha value is -2.04. The first kappa shape index (κ1) is 32.5. The Labute approximate surface area is 245 Å². The summed E-state index contributed by atoms with van der Waals surface area (Å²) in [5, 5.41) is 9.03. The van der Waals surface area contributed by atoms with Crippen LogP contribution in [0.2, 0.25) is 0 Å². The normalized spacial score (nSPS) is 19.5. The molecule has 3 rings (SSSR count). The highest BCUT2D eigenvalue weighted by Crippen LogP contribution is 2.46. The van der Waals surface area contributed by atoms with E-state index in [1.165, 1.54) is 45.4 Å². The van der Waals surface area contributed by atoms with Gasteiger partial charge in [-0.2, -0.15) is 0 Å². The van der Waals surface area contributed by atoms with Crippen molar-refractivity contribution in [3.8, 4) is 11.5 Å². The van der Waals surface area contributed by atoms with Gasteiger partial charge in [-0.05, 0) is 124 Å². The molecule has 0 aromatic heterocycles. The SMILES string of the molecule is CC(C)=CCCC(C)=CCCC(C)=CCCC1(C)CCc2c3c(c(C)c(C)c2O1)OCN(CCCCCCO)C3. The van der Waals surface area contributed by atoms with Crippen molar-refractivity contribution in [2.45, 2.75) is 138 Å². The van der Waals surface area contributed by atoms with E-state index in [9.17, 15) is 0 Å². The van der Waals surface area contributed by atoms with Gasteiger partial charge in [0.05, 0.1) is 0 Å². The summed E-state index contributed by atoms with van der Waals surface area (Å²) in [5.41, 5.74) is 9.48. The fourth-order valence-electron chi connectivity index (χ4n) is 6.03. The van der Waals surface area contributed by atoms with Crippen molar-refractivity contribution in [3.05, 3.63) is 57.2 Å². The van der Waals surface area contributed by atoms with Gasteiger partial charge >= 0.3 is 0 Å². The van der Waals surface area contributed by atoms with Gasteiger partial charge in [0, 0.05) is 30.8 Å². The maximum absolute atomic E-state index is 9.03. The van der Waals surface area contributed by atoms with E-state index >= 15 is 0 Å². The number of hydrogen-bond donors (Lipinski definition) is 1. The first-order valence-corrected chi connectivity index (χ1v) is 15.9. The van der Waals surface area contributed by atoms with Crippen LogP contribution in [0.15, 0.2) is 34.9 Å². The van der Waals surface area contributed by atoms with Gasteiger partial charge in [0.25, 0.3) is 0 Å². The Morgan fingerprint density at radius 3 is 2.20 bits per heavy atom. The number of allylic oxidation sites excluding steroid dienone is 6. The summed E-state index contributed by atoms with van der Waals surface area (Å²) < 4.78 is 13.2. The van der Waals surface area contributed by atoms with Crippen molar-refractivity contribution >= 4 is 0 Å². The Morgan fingerprint density at radius 2 is 1.50 bits per heavy atom. The lowest BCUT2D eigenvalue weighted by Crippen LogP contribution is -2.39. The smallest absolute Gasteiger partial charge is 0.142 e. The minimum Gasteiger partial charge on any atom is -0.487 e. The molecule has 2 heterocycles. The summed E-state index contributed by atoms with van der Waals surface area (Å²) in [7, 11) is 0. The lowest BCUT2D eigenvalue weighted by molar-refractivity contribution is 0.0521. The molecule has 40 heavy (non-hydrogen) atoms. The monoisotopic (exact) mass is 551 g/mol. The molecule has 2 aliphatic rings. The van der Waals surface area contributed by atoms with Crippen molar-refractivity contribution in [1.29, 1.82) is 0 Å². The lowest BCUT2D eigenvalue weighted by Gasteiger charge is -2.40. The fraction of sp³-hybridized carbons (Fsp3) is 0.667. The predicted octanol–water partition coefficient (Wildman–Crippen LogP) is 9.29. The highest BCUT2D eigenvalue weighted by Gasteiger charge is 2.36. The van der Waals surface area contributed by atoms with E-state index in [1.54, 1.807) is 0 Å². The van der Waals surface area contributed by atoms with Gasteiger partial charge in [0.2, 0.25) is 0 Å². The Kier molecular flexibility index (Phi) is 12.8. The van der Waals surface area contributed by atoms with Crippen LogP contribution >= 0.6 is 0 Å². The highest BCUT2D eigenvalue weighted by atomic mass is 16.5. The van der Waals surface area contributed by atoms with E-state index in [2.05, 4.69) is 71.6 Å². The third-order valence-electron chi connectivity index (χ3n) is 8.85. The number of nitrogens with zero attached hydrogens (tertiary/aromatic N) is 1. The molecule has 1 unspecified atom stereocenters. The largest absolute Gasteiger partial charge is 0.487 e. The van der Waals surface area contributed by atoms with E-state index < -0.39 is 0 Å². The molecule has 0 fully saturated rings. The molecule has 0 saturated carbocycles. The molecule has 1 aromatic rings. The minimum atomic E-state index is -0.126. The number of hydrogen-bond acceptors (Lipinski definition) is 4. The number of unbranched alkanes of at least 4 members (excludes halogenated alkanes) is 3. The summed E-state index contributed by atoms with van der Waals surface area (Å²) in [6, 6.07) is 0. The van der Waals surface area contributed by atoms with Crippen LogP contribution in [0.5, 0.6) is 11.5 Å². The van der Waals surface area contributed by atoms with Gasteiger partial charge in [0.1, 0.15) is 23.8 Å². The number of fused-ring (bicyclic) bond motifs is 3. The summed E-state index contributed by atoms with van der Waals surface area (Å²) in [6.45, 7) is 18.6. The highest BCUT2D eigenvalue weighted by molar-refractivity contribution is 5.60. The molecular weight excluding hydrogens is 494 g/mol. The van der Waals surface area contributed by atoms with E-state index in [0.717, 1.165) is 95.2 Å². The maximum atomic E-state index is 9.03. The lowest BCUT2D eigenvalue weighted by atomic mass is 9.84. The van der Waals surface area contributed by atoms with Crippen molar-refractivity contribution in [1.82, 2.24) is 4.90 Å². The topological polar surface area (TPSA) is 41.9 Å². The number of benzene rings is 1. The molecule has 0 radical (unpaired) electrons. The maximum Gasteiger partial charge on any atom is 0.142 e. The van der Waals surface area contributed by atoms with Crippen LogP contribution < -0.4 is 9.47 Å². The molecule has 2 aliphatic heterocycles. The average Bonchev–Trinajstić information content (AvgIpc) is 2.91. The second-order valence-electron chi connectivity index (χ2n) is 12.9. The number of aliphatic hydroxyl groups excluding tert-OH is 1. The van der Waals surface area contributed by atoms with Gasteiger partial charge in [-0.25, -0.2) is 0 Å². The van der Waals surface area contributed by atoms with Crippen LogP contribution in [0, 0.1) is 13.8 Å². The molecule has 1 aromatic carbocycles. The quantitative estimate of drug-likeness (QED) is 0.174. The second kappa shape index (κ2) is 15.8. The third kappa shape index (κ3) is 9.52. The second-order valence-corrected chi connectivity index (χ2v) is 12.9. The molecule has 0 spiro atoms. The molecule has 4 nitrogen and oxygen atoms in total. The first-order chi connectivity index (χ1) is 19.1. The van der Waals surface area contributed by atoms with Crippen molar-refractivity contribution in [2.24, 2.45) is 0 Å². The summed E-state index contributed by atoms with van der Waals surface area (Å²) in [6.07, 6.45) is 20.3. The van der Waals surface area contributed by atoms with Crippen molar-refractivity contribution < 1.29 is 14.6 Å². The van der Waals surface area contributed by atoms with Crippen LogP contribution in [0.3, 0.4) is 0 Å². The van der Waals surface area contributed by atoms with E-state index in [4.69, 9.17) is 14.6 Å². The molecule has 0 amide bonds. The minimum absolute atomic E-state index is 0.126. The zero-order valence-electron chi connectivity index (χ0n) is 26.8. The number of ether oxygens (including phenoxy) is 2. The van der Waals surface area contributed by atoms with E-state index in [-0.39, 0.29) is 5.60 Å². The van der Waals surface area contributed by atoms with E-state index in [0.29, 0.717) is 13.3 Å². The molecular formula is C36H57NO3. The van der Waals surface area contributed by atoms with Crippen LogP contribution in [0.1, 0.15) is 128 Å². The Balaban J connectivity index is 1.56. The summed E-state index contributed by atoms with van der Waals surface area (Å²) in [5.74, 6) is 2.22. The van der Waals surface area contributed by atoms with Gasteiger partial charge < -0.3 is 14.6 Å². The average molecular weight is 552 g/mol. The molecule has 0 aliphatic carbocycles. The van der Waals surface area contributed by atoms with Crippen molar-refractivity contribution in [3.63, 3.8) is 0 Å². The van der Waals surface area contributed by atoms with Crippen LogP contribution in [-0.2, 0) is 13.0 Å². The van der Waals surface area contributed by atoms with Gasteiger partial charge in [0.15, 0.2) is 0 Å².